The van der Waals surface area contributed by atoms with Crippen LogP contribution >= 0.6 is 69.6 Å². The van der Waals surface area contributed by atoms with E-state index in [1.54, 1.807) is 48.5 Å². The van der Waals surface area contributed by atoms with Crippen LogP contribution in [0.2, 0.25) is 30.1 Å². The van der Waals surface area contributed by atoms with Crippen LogP contribution in [0.3, 0.4) is 0 Å². The lowest BCUT2D eigenvalue weighted by atomic mass is 9.97. The zero-order chi connectivity index (χ0) is 44.6. The highest BCUT2D eigenvalue weighted by Crippen LogP contribution is 2.33. The molecular formula is C46H43Cl6N7O4. The third-order valence-electron chi connectivity index (χ3n) is 11.1. The molecule has 4 N–H and O–H groups in total. The Morgan fingerprint density at radius 3 is 1.95 bits per heavy atom. The van der Waals surface area contributed by atoms with Crippen LogP contribution in [0.15, 0.2) is 84.9 Å². The van der Waals surface area contributed by atoms with Crippen molar-refractivity contribution < 1.29 is 19.5 Å². The Labute approximate surface area is 395 Å². The number of piperazine rings is 1. The molecule has 4 heterocycles. The second-order valence-corrected chi connectivity index (χ2v) is 17.6. The fraction of sp³-hybridized carbons (Fsp3) is 0.283. The highest BCUT2D eigenvalue weighted by Gasteiger charge is 2.26. The number of fused-ring (bicyclic) bond motifs is 2. The van der Waals surface area contributed by atoms with Crippen molar-refractivity contribution in [1.82, 2.24) is 20.6 Å². The molecule has 0 unspecified atom stereocenters. The summed E-state index contributed by atoms with van der Waals surface area (Å²) >= 11 is 37.3. The van der Waals surface area contributed by atoms with E-state index in [-0.39, 0.29) is 24.2 Å². The summed E-state index contributed by atoms with van der Waals surface area (Å²) in [4.78, 5) is 50.6. The third kappa shape index (κ3) is 11.6. The molecule has 2 fully saturated rings. The first-order valence-corrected chi connectivity index (χ1v) is 22.7. The highest BCUT2D eigenvalue weighted by atomic mass is 35.5. The number of aromatic nitrogens is 2. The first-order chi connectivity index (χ1) is 30.4. The Bertz CT molecular complexity index is 2640. The molecule has 17 heteroatoms. The summed E-state index contributed by atoms with van der Waals surface area (Å²) in [5, 5.41) is 22.9. The maximum Gasteiger partial charge on any atom is 0.306 e. The monoisotopic (exact) mass is 967 g/mol. The first-order valence-electron chi connectivity index (χ1n) is 20.4. The molecule has 63 heavy (non-hydrogen) atoms. The standard InChI is InChI=1S/C24H22Cl3N3O3.C22H21Cl3N4O/c25-17-2-1-3-18(26)15(17)8-11-28-23(31)22-16-4-7-21(29-20(16)6-5-19(22)27)30-12-9-14(10-13-30)24(32)33;23-15-3-1-14(18(25)13-15)2-8-21(30)28-22-16-4-7-20(29-11-9-26-10-12-29)27-19(16)6-5-17(22)24/h1-7,14H,8-13H2,(H,28,31)(H,32,33);1,3-7,13,26H,2,8-12H2,(H,28,30). The fourth-order valence-corrected chi connectivity index (χ4v) is 9.18. The number of aliphatic carboxylic acids is 1. The van der Waals surface area contributed by atoms with E-state index in [9.17, 15) is 19.5 Å². The number of piperidine rings is 1. The van der Waals surface area contributed by atoms with E-state index in [0.29, 0.717) is 97.6 Å². The lowest BCUT2D eigenvalue weighted by molar-refractivity contribution is -0.142. The number of rotatable bonds is 11. The molecule has 2 amide bonds. The maximum absolute atomic E-state index is 13.0. The van der Waals surface area contributed by atoms with Gasteiger partial charge in [0.25, 0.3) is 5.91 Å². The molecule has 4 aromatic carbocycles. The first kappa shape index (κ1) is 46.4. The summed E-state index contributed by atoms with van der Waals surface area (Å²) in [6.45, 7) is 5.32. The molecule has 0 spiro atoms. The van der Waals surface area contributed by atoms with E-state index in [2.05, 4.69) is 25.8 Å². The van der Waals surface area contributed by atoms with Crippen LogP contribution in [-0.2, 0) is 22.4 Å². The number of carboxylic acid groups (broad SMARTS) is 1. The number of pyridine rings is 2. The second kappa shape index (κ2) is 21.4. The number of carbonyl (C=O) groups is 3. The van der Waals surface area contributed by atoms with Crippen LogP contribution in [-0.4, -0.2) is 78.7 Å². The molecule has 0 bridgehead atoms. The van der Waals surface area contributed by atoms with E-state index >= 15 is 0 Å². The number of amides is 2. The summed E-state index contributed by atoms with van der Waals surface area (Å²) in [7, 11) is 0. The number of halogens is 6. The van der Waals surface area contributed by atoms with E-state index in [1.165, 1.54) is 0 Å². The van der Waals surface area contributed by atoms with Crippen LogP contribution < -0.4 is 25.8 Å². The van der Waals surface area contributed by atoms with Crippen molar-refractivity contribution in [3.8, 4) is 0 Å². The van der Waals surface area contributed by atoms with Gasteiger partial charge in [-0.05, 0) is 110 Å². The molecule has 0 radical (unpaired) electrons. The van der Waals surface area contributed by atoms with Gasteiger partial charge in [0.2, 0.25) is 5.91 Å². The predicted octanol–water partition coefficient (Wildman–Crippen LogP) is 10.6. The lowest BCUT2D eigenvalue weighted by Gasteiger charge is -2.31. The summed E-state index contributed by atoms with van der Waals surface area (Å²) < 4.78 is 0. The average Bonchev–Trinajstić information content (AvgIpc) is 3.28. The van der Waals surface area contributed by atoms with Crippen LogP contribution in [0.4, 0.5) is 17.3 Å². The molecule has 2 aromatic heterocycles. The van der Waals surface area contributed by atoms with Gasteiger partial charge >= 0.3 is 5.97 Å². The Balaban J connectivity index is 0.000000190. The van der Waals surface area contributed by atoms with Crippen molar-refractivity contribution in [3.05, 3.63) is 132 Å². The minimum Gasteiger partial charge on any atom is -0.481 e. The van der Waals surface area contributed by atoms with Gasteiger partial charge in [-0.15, -0.1) is 0 Å². The average molecular weight is 971 g/mol. The number of anilines is 3. The van der Waals surface area contributed by atoms with Gasteiger partial charge < -0.3 is 30.9 Å². The number of carbonyl (C=O) groups excluding carboxylic acids is 2. The van der Waals surface area contributed by atoms with Gasteiger partial charge in [0, 0.05) is 83.1 Å². The molecule has 8 rings (SSSR count). The summed E-state index contributed by atoms with van der Waals surface area (Å²) in [6, 6.07) is 25.3. The van der Waals surface area contributed by atoms with E-state index < -0.39 is 5.97 Å². The largest absolute Gasteiger partial charge is 0.481 e. The normalized spacial score (nSPS) is 14.3. The van der Waals surface area contributed by atoms with Crippen molar-refractivity contribution in [2.75, 3.05) is 60.9 Å². The Morgan fingerprint density at radius 2 is 1.30 bits per heavy atom. The third-order valence-corrected chi connectivity index (χ3v) is 13.0. The minimum atomic E-state index is -0.747. The van der Waals surface area contributed by atoms with Crippen molar-refractivity contribution in [1.29, 1.82) is 0 Å². The molecule has 2 aliphatic rings. The number of hydrogen-bond donors (Lipinski definition) is 4. The van der Waals surface area contributed by atoms with Gasteiger partial charge in [-0.3, -0.25) is 14.4 Å². The zero-order valence-electron chi connectivity index (χ0n) is 33.9. The van der Waals surface area contributed by atoms with Crippen molar-refractivity contribution >= 4 is 127 Å². The number of carboxylic acids is 1. The highest BCUT2D eigenvalue weighted by molar-refractivity contribution is 6.37. The molecule has 328 valence electrons. The zero-order valence-corrected chi connectivity index (χ0v) is 38.4. The lowest BCUT2D eigenvalue weighted by Crippen LogP contribution is -2.43. The topological polar surface area (TPSA) is 140 Å². The minimum absolute atomic E-state index is 0.137. The molecule has 0 aliphatic carbocycles. The van der Waals surface area contributed by atoms with Gasteiger partial charge in [0.15, 0.2) is 0 Å². The Morgan fingerprint density at radius 1 is 0.683 bits per heavy atom. The SMILES string of the molecule is O=C(CCc1ccc(Cl)cc1Cl)Nc1c(Cl)ccc2nc(N3CCNCC3)ccc12.O=C(NCCc1c(Cl)cccc1Cl)c1c(Cl)ccc2nc(N3CCC(C(=O)O)CC3)ccc12. The maximum atomic E-state index is 13.0. The quantitative estimate of drug-likeness (QED) is 0.0999. The van der Waals surface area contributed by atoms with Crippen LogP contribution in [0.5, 0.6) is 0 Å². The van der Waals surface area contributed by atoms with E-state index in [0.717, 1.165) is 59.8 Å². The second-order valence-electron chi connectivity index (χ2n) is 15.1. The molecule has 0 saturated carbocycles. The number of benzene rings is 4. The van der Waals surface area contributed by atoms with E-state index in [4.69, 9.17) is 79.6 Å². The number of aryl methyl sites for hydroxylation is 1. The molecule has 2 aliphatic heterocycles. The van der Waals surface area contributed by atoms with Gasteiger partial charge in [0.05, 0.1) is 38.2 Å². The Kier molecular flexibility index (Phi) is 15.8. The van der Waals surface area contributed by atoms with Gasteiger partial charge in [-0.2, -0.15) is 0 Å². The van der Waals surface area contributed by atoms with Crippen LogP contribution in [0, 0.1) is 5.92 Å². The molecule has 2 saturated heterocycles. The van der Waals surface area contributed by atoms with Gasteiger partial charge in [-0.1, -0.05) is 81.7 Å². The Hall–Kier alpha value is -4.59. The van der Waals surface area contributed by atoms with Crippen molar-refractivity contribution in [3.63, 3.8) is 0 Å². The van der Waals surface area contributed by atoms with Crippen molar-refractivity contribution in [2.24, 2.45) is 5.92 Å². The van der Waals surface area contributed by atoms with Crippen LogP contribution in [0.1, 0.15) is 40.7 Å². The van der Waals surface area contributed by atoms with Crippen molar-refractivity contribution in [2.45, 2.75) is 32.1 Å². The molecule has 0 atom stereocenters. The van der Waals surface area contributed by atoms with E-state index in [1.807, 2.05) is 36.4 Å². The summed E-state index contributed by atoms with van der Waals surface area (Å²) in [5.41, 5.74) is 4.05. The summed E-state index contributed by atoms with van der Waals surface area (Å²) in [6.07, 6.45) is 2.44. The molecule has 6 aromatic rings. The molecular weight excluding hydrogens is 927 g/mol. The number of nitrogens with zero attached hydrogens (tertiary/aromatic N) is 4. The predicted molar refractivity (Wildman–Crippen MR) is 257 cm³/mol. The fourth-order valence-electron chi connectivity index (χ4n) is 7.63. The molecule has 11 nitrogen and oxygen atoms in total. The van der Waals surface area contributed by atoms with Crippen LogP contribution in [0.25, 0.3) is 21.8 Å². The number of hydrogen-bond acceptors (Lipinski definition) is 8. The summed E-state index contributed by atoms with van der Waals surface area (Å²) in [5.74, 6) is 0.196. The van der Waals surface area contributed by atoms with Gasteiger partial charge in [0.1, 0.15) is 11.6 Å². The van der Waals surface area contributed by atoms with Gasteiger partial charge in [-0.25, -0.2) is 9.97 Å². The number of nitrogens with one attached hydrogen (secondary N) is 3. The smallest absolute Gasteiger partial charge is 0.306 e.